The van der Waals surface area contributed by atoms with Crippen LogP contribution in [-0.4, -0.2) is 32.3 Å². The first-order valence-electron chi connectivity index (χ1n) is 5.28. The molecule has 0 bridgehead atoms. The number of nitrogens with one attached hydrogen (secondary N) is 1. The molecule has 0 atom stereocenters. The molecule has 0 unspecified atom stereocenters. The van der Waals surface area contributed by atoms with Crippen LogP contribution >= 0.6 is 0 Å². The third kappa shape index (κ3) is 3.25. The fraction of sp³-hybridized carbons (Fsp3) is 0. The molecule has 1 heterocycles. The fourth-order valence-corrected chi connectivity index (χ4v) is 1.26. The molecule has 7 nitrogen and oxygen atoms in total. The zero-order valence-corrected chi connectivity index (χ0v) is 9.69. The van der Waals surface area contributed by atoms with Crippen molar-refractivity contribution in [1.82, 2.24) is 15.4 Å². The van der Waals surface area contributed by atoms with Crippen LogP contribution in [0.5, 0.6) is 11.5 Å². The smallest absolute Gasteiger partial charge is 0.291 e. The highest BCUT2D eigenvalue weighted by atomic mass is 16.3. The summed E-state index contributed by atoms with van der Waals surface area (Å²) in [6.45, 7) is 0. The zero-order chi connectivity index (χ0) is 13.7. The van der Waals surface area contributed by atoms with Crippen LogP contribution in [0.15, 0.2) is 41.9 Å². The summed E-state index contributed by atoms with van der Waals surface area (Å²) >= 11 is 0. The molecule has 3 N–H and O–H groups in total. The molecule has 0 spiro atoms. The van der Waals surface area contributed by atoms with E-state index in [9.17, 15) is 9.90 Å². The van der Waals surface area contributed by atoms with Crippen molar-refractivity contribution in [3.63, 3.8) is 0 Å². The van der Waals surface area contributed by atoms with E-state index < -0.39 is 5.91 Å². The maximum absolute atomic E-state index is 11.5. The number of phenols is 2. The molecule has 19 heavy (non-hydrogen) atoms. The average molecular weight is 258 g/mol. The number of carbonyl (C=O) groups excluding carboxylic acids is 1. The summed E-state index contributed by atoms with van der Waals surface area (Å²) in [6.07, 6.45) is 5.50. The highest BCUT2D eigenvalue weighted by Crippen LogP contribution is 2.23. The topological polar surface area (TPSA) is 108 Å². The molecular formula is C12H10N4O3. The molecule has 0 saturated heterocycles. The minimum atomic E-state index is -0.493. The second-order valence-electron chi connectivity index (χ2n) is 3.54. The molecule has 1 aromatic heterocycles. The molecule has 0 aliphatic heterocycles. The number of nitrogens with zero attached hydrogens (tertiary/aromatic N) is 3. The van der Waals surface area contributed by atoms with E-state index in [-0.39, 0.29) is 17.2 Å². The van der Waals surface area contributed by atoms with E-state index in [4.69, 9.17) is 5.11 Å². The van der Waals surface area contributed by atoms with Crippen LogP contribution in [0.2, 0.25) is 0 Å². The van der Waals surface area contributed by atoms with E-state index >= 15 is 0 Å². The van der Waals surface area contributed by atoms with Gasteiger partial charge in [-0.15, -0.1) is 0 Å². The van der Waals surface area contributed by atoms with Gasteiger partial charge < -0.3 is 10.2 Å². The van der Waals surface area contributed by atoms with Crippen molar-refractivity contribution in [2.75, 3.05) is 0 Å². The Bertz CT molecular complexity index is 614. The zero-order valence-electron chi connectivity index (χ0n) is 9.69. The lowest BCUT2D eigenvalue weighted by Gasteiger charge is -1.99. The Hall–Kier alpha value is -2.96. The van der Waals surface area contributed by atoms with Crippen LogP contribution in [0.3, 0.4) is 0 Å². The van der Waals surface area contributed by atoms with Gasteiger partial charge in [0.2, 0.25) is 0 Å². The van der Waals surface area contributed by atoms with Crippen LogP contribution in [0, 0.1) is 0 Å². The monoisotopic (exact) mass is 258 g/mol. The molecule has 0 aliphatic carbocycles. The number of aromatic hydroxyl groups is 2. The number of hydrazone groups is 1. The lowest BCUT2D eigenvalue weighted by molar-refractivity contribution is 0.0949. The van der Waals surface area contributed by atoms with Gasteiger partial charge in [0.15, 0.2) is 11.5 Å². The maximum atomic E-state index is 11.5. The second kappa shape index (κ2) is 5.58. The van der Waals surface area contributed by atoms with Crippen molar-refractivity contribution in [3.8, 4) is 11.5 Å². The Morgan fingerprint density at radius 2 is 2.11 bits per heavy atom. The summed E-state index contributed by atoms with van der Waals surface area (Å²) in [6, 6.07) is 4.17. The quantitative estimate of drug-likeness (QED) is 0.425. The van der Waals surface area contributed by atoms with Gasteiger partial charge >= 0.3 is 0 Å². The van der Waals surface area contributed by atoms with E-state index in [1.165, 1.54) is 43.0 Å². The molecule has 0 saturated carbocycles. The predicted molar refractivity (Wildman–Crippen MR) is 66.9 cm³/mol. The Labute approximate surface area is 108 Å². The molecule has 1 aromatic carbocycles. The molecule has 0 aliphatic rings. The molecule has 96 valence electrons. The number of rotatable bonds is 3. The van der Waals surface area contributed by atoms with Crippen molar-refractivity contribution in [1.29, 1.82) is 0 Å². The number of hydrogen-bond donors (Lipinski definition) is 3. The largest absolute Gasteiger partial charge is 0.504 e. The predicted octanol–water partition coefficient (Wildman–Crippen LogP) is 0.652. The summed E-state index contributed by atoms with van der Waals surface area (Å²) in [7, 11) is 0. The number of aromatic nitrogens is 2. The summed E-state index contributed by atoms with van der Waals surface area (Å²) in [5.41, 5.74) is 2.93. The molecule has 0 fully saturated rings. The van der Waals surface area contributed by atoms with Crippen LogP contribution in [0.1, 0.15) is 16.1 Å². The first-order valence-corrected chi connectivity index (χ1v) is 5.28. The SMILES string of the molecule is O=C(NN=Cc1ccc(O)c(O)c1)c1cnccn1. The van der Waals surface area contributed by atoms with E-state index in [1.54, 1.807) is 0 Å². The lowest BCUT2D eigenvalue weighted by atomic mass is 10.2. The molecule has 7 heteroatoms. The number of benzene rings is 1. The van der Waals surface area contributed by atoms with Crippen molar-refractivity contribution < 1.29 is 15.0 Å². The maximum Gasteiger partial charge on any atom is 0.291 e. The molecule has 0 radical (unpaired) electrons. The van der Waals surface area contributed by atoms with Crippen molar-refractivity contribution in [2.45, 2.75) is 0 Å². The molecular weight excluding hydrogens is 248 g/mol. The van der Waals surface area contributed by atoms with E-state index in [0.717, 1.165) is 0 Å². The van der Waals surface area contributed by atoms with E-state index in [0.29, 0.717) is 5.56 Å². The summed E-state index contributed by atoms with van der Waals surface area (Å²) in [5, 5.41) is 22.1. The summed E-state index contributed by atoms with van der Waals surface area (Å²) < 4.78 is 0. The van der Waals surface area contributed by atoms with Crippen molar-refractivity contribution in [2.24, 2.45) is 5.10 Å². The number of amides is 1. The van der Waals surface area contributed by atoms with Gasteiger partial charge in [0, 0.05) is 12.4 Å². The Kier molecular flexibility index (Phi) is 3.67. The Morgan fingerprint density at radius 1 is 1.26 bits per heavy atom. The van der Waals surface area contributed by atoms with E-state index in [1.807, 2.05) is 0 Å². The van der Waals surface area contributed by atoms with E-state index in [2.05, 4.69) is 20.5 Å². The second-order valence-corrected chi connectivity index (χ2v) is 3.54. The van der Waals surface area contributed by atoms with Gasteiger partial charge in [-0.3, -0.25) is 9.78 Å². The molecule has 2 aromatic rings. The van der Waals surface area contributed by atoms with Gasteiger partial charge in [0.1, 0.15) is 5.69 Å². The average Bonchev–Trinajstić information content (AvgIpc) is 2.43. The summed E-state index contributed by atoms with van der Waals surface area (Å²) in [4.78, 5) is 19.1. The van der Waals surface area contributed by atoms with Crippen molar-refractivity contribution in [3.05, 3.63) is 48.0 Å². The highest BCUT2D eigenvalue weighted by Gasteiger charge is 2.04. The van der Waals surface area contributed by atoms with Crippen molar-refractivity contribution >= 4 is 12.1 Å². The van der Waals surface area contributed by atoms with Gasteiger partial charge in [-0.1, -0.05) is 0 Å². The highest BCUT2D eigenvalue weighted by molar-refractivity contribution is 5.92. The normalized spacial score (nSPS) is 10.5. The lowest BCUT2D eigenvalue weighted by Crippen LogP contribution is -2.19. The number of hydrogen-bond acceptors (Lipinski definition) is 6. The first-order chi connectivity index (χ1) is 9.16. The number of phenolic OH excluding ortho intramolecular Hbond substituents is 2. The first kappa shape index (κ1) is 12.5. The van der Waals surface area contributed by atoms with Gasteiger partial charge in [-0.25, -0.2) is 10.4 Å². The van der Waals surface area contributed by atoms with Crippen LogP contribution in [0.25, 0.3) is 0 Å². The fourth-order valence-electron chi connectivity index (χ4n) is 1.26. The van der Waals surface area contributed by atoms with Crippen LogP contribution in [0.4, 0.5) is 0 Å². The van der Waals surface area contributed by atoms with Crippen LogP contribution in [-0.2, 0) is 0 Å². The Balaban J connectivity index is 2.00. The Morgan fingerprint density at radius 3 is 2.79 bits per heavy atom. The standard InChI is InChI=1S/C12H10N4O3/c17-10-2-1-8(5-11(10)18)6-15-16-12(19)9-7-13-3-4-14-9/h1-7,17-18H,(H,16,19). The van der Waals surface area contributed by atoms with Gasteiger partial charge in [-0.05, 0) is 23.8 Å². The minimum absolute atomic E-state index is 0.146. The van der Waals surface area contributed by atoms with Gasteiger partial charge in [-0.2, -0.15) is 5.10 Å². The minimum Gasteiger partial charge on any atom is -0.504 e. The third-order valence-electron chi connectivity index (χ3n) is 2.18. The molecule has 2 rings (SSSR count). The molecule has 1 amide bonds. The van der Waals surface area contributed by atoms with Crippen LogP contribution < -0.4 is 5.43 Å². The van der Waals surface area contributed by atoms with Gasteiger partial charge in [0.05, 0.1) is 12.4 Å². The number of carbonyl (C=O) groups is 1. The third-order valence-corrected chi connectivity index (χ3v) is 2.18. The van der Waals surface area contributed by atoms with Gasteiger partial charge in [0.25, 0.3) is 5.91 Å². The summed E-state index contributed by atoms with van der Waals surface area (Å²) in [5.74, 6) is -0.975.